The molecule has 1 heterocycles. The molecule has 2 rings (SSSR count). The Labute approximate surface area is 75.8 Å². The Bertz CT molecular complexity index is 271. The molecule has 0 aromatic heterocycles. The van der Waals surface area contributed by atoms with Crippen LogP contribution in [0, 0.1) is 0 Å². The summed E-state index contributed by atoms with van der Waals surface area (Å²) in [5.41, 5.74) is 5.21. The third kappa shape index (κ3) is 1.57. The Hall–Kier alpha value is -0.490. The second kappa shape index (κ2) is 3.27. The fraction of sp³-hybridized carbons (Fsp3) is 0. The third-order valence-electron chi connectivity index (χ3n) is 1.45. The van der Waals surface area contributed by atoms with E-state index in [1.807, 2.05) is 18.2 Å². The van der Waals surface area contributed by atoms with Crippen LogP contribution in [0.3, 0.4) is 0 Å². The average Bonchev–Trinajstić information content (AvgIpc) is 2.58. The van der Waals surface area contributed by atoms with Crippen LogP contribution in [0.25, 0.3) is 5.70 Å². The van der Waals surface area contributed by atoms with Crippen LogP contribution in [0.4, 0.5) is 0 Å². The molecule has 0 amide bonds. The van der Waals surface area contributed by atoms with Gasteiger partial charge in [-0.25, -0.2) is 0 Å². The predicted molar refractivity (Wildman–Crippen MR) is 44.4 cm³/mol. The SMILES string of the molecule is C1=C(c2ccccc2)NO[Te]1. The molecule has 0 aliphatic carbocycles. The third-order valence-corrected chi connectivity index (χ3v) is 2.91. The van der Waals surface area contributed by atoms with Gasteiger partial charge in [-0.2, -0.15) is 0 Å². The van der Waals surface area contributed by atoms with Gasteiger partial charge in [0.25, 0.3) is 0 Å². The summed E-state index contributed by atoms with van der Waals surface area (Å²) < 4.78 is 7.25. The number of nitrogens with one attached hydrogen (secondary N) is 1. The fourth-order valence-corrected chi connectivity index (χ4v) is 2.24. The molecule has 0 bridgehead atoms. The van der Waals surface area contributed by atoms with Crippen molar-refractivity contribution in [2.45, 2.75) is 0 Å². The van der Waals surface area contributed by atoms with Crippen LogP contribution in [0.5, 0.6) is 0 Å². The number of benzene rings is 1. The molecule has 11 heavy (non-hydrogen) atoms. The van der Waals surface area contributed by atoms with E-state index in [0.29, 0.717) is 0 Å². The molecule has 0 fully saturated rings. The van der Waals surface area contributed by atoms with Crippen LogP contribution in [0.1, 0.15) is 5.56 Å². The van der Waals surface area contributed by atoms with Gasteiger partial charge >= 0.3 is 75.7 Å². The van der Waals surface area contributed by atoms with E-state index < -0.39 is 0 Å². The molecule has 0 spiro atoms. The van der Waals surface area contributed by atoms with Crippen molar-refractivity contribution in [2.24, 2.45) is 0 Å². The van der Waals surface area contributed by atoms with Crippen LogP contribution >= 0.6 is 0 Å². The van der Waals surface area contributed by atoms with Crippen LogP contribution in [-0.4, -0.2) is 21.3 Å². The summed E-state index contributed by atoms with van der Waals surface area (Å²) in [6.45, 7) is 0. The second-order valence-corrected chi connectivity index (χ2v) is 3.88. The first-order valence-electron chi connectivity index (χ1n) is 3.31. The minimum atomic E-state index is -0.352. The van der Waals surface area contributed by atoms with Crippen molar-refractivity contribution < 1.29 is 3.20 Å². The number of hydroxylamine groups is 1. The Morgan fingerprint density at radius 3 is 2.64 bits per heavy atom. The van der Waals surface area contributed by atoms with Crippen molar-refractivity contribution in [1.82, 2.24) is 5.48 Å². The summed E-state index contributed by atoms with van der Waals surface area (Å²) in [6.07, 6.45) is 0. The normalized spacial score (nSPS) is 15.8. The van der Waals surface area contributed by atoms with E-state index in [9.17, 15) is 0 Å². The van der Waals surface area contributed by atoms with E-state index in [1.54, 1.807) is 0 Å². The summed E-state index contributed by atoms with van der Waals surface area (Å²) in [4.78, 5) is 0. The Morgan fingerprint density at radius 1 is 1.18 bits per heavy atom. The quantitative estimate of drug-likeness (QED) is 0.765. The monoisotopic (exact) mass is 263 g/mol. The van der Waals surface area contributed by atoms with Gasteiger partial charge in [0.15, 0.2) is 0 Å². The summed E-state index contributed by atoms with van der Waals surface area (Å²) in [7, 11) is 0. The number of hydrogen-bond donors (Lipinski definition) is 1. The zero-order valence-electron chi connectivity index (χ0n) is 5.78. The van der Waals surface area contributed by atoms with Gasteiger partial charge in [-0.05, 0) is 0 Å². The number of hydrogen-bond acceptors (Lipinski definition) is 2. The summed E-state index contributed by atoms with van der Waals surface area (Å²) in [5, 5.41) is 0. The molecule has 1 aromatic rings. The van der Waals surface area contributed by atoms with E-state index in [2.05, 4.69) is 21.7 Å². The van der Waals surface area contributed by atoms with E-state index in [4.69, 9.17) is 3.20 Å². The first-order chi connectivity index (χ1) is 5.47. The van der Waals surface area contributed by atoms with Gasteiger partial charge in [0.2, 0.25) is 0 Å². The molecular weight excluding hydrogens is 254 g/mol. The Morgan fingerprint density at radius 2 is 2.00 bits per heavy atom. The van der Waals surface area contributed by atoms with Gasteiger partial charge in [-0.3, -0.25) is 0 Å². The molecule has 1 aromatic carbocycles. The van der Waals surface area contributed by atoms with E-state index in [-0.39, 0.29) is 21.3 Å². The van der Waals surface area contributed by atoms with E-state index >= 15 is 0 Å². The molecule has 56 valence electrons. The van der Waals surface area contributed by atoms with Crippen LogP contribution in [0.15, 0.2) is 34.5 Å². The van der Waals surface area contributed by atoms with Gasteiger partial charge < -0.3 is 0 Å². The van der Waals surface area contributed by atoms with Crippen molar-refractivity contribution >= 4 is 27.0 Å². The van der Waals surface area contributed by atoms with Gasteiger partial charge in [0.05, 0.1) is 0 Å². The van der Waals surface area contributed by atoms with Gasteiger partial charge in [0.1, 0.15) is 0 Å². The molecule has 1 aliphatic rings. The van der Waals surface area contributed by atoms with E-state index in [1.165, 1.54) is 5.56 Å². The first kappa shape index (κ1) is 7.17. The average molecular weight is 261 g/mol. The molecule has 0 radical (unpaired) electrons. The number of rotatable bonds is 1. The standard InChI is InChI=1S/C8H7NOTe/c1-2-4-7(5-3-1)8-6-11-10-9-8/h1-6,9H. The predicted octanol–water partition coefficient (Wildman–Crippen LogP) is 1.14. The van der Waals surface area contributed by atoms with Crippen molar-refractivity contribution in [3.8, 4) is 0 Å². The van der Waals surface area contributed by atoms with Gasteiger partial charge in [0, 0.05) is 0 Å². The van der Waals surface area contributed by atoms with Crippen molar-refractivity contribution in [3.05, 3.63) is 40.0 Å². The molecular formula is C8H7NOTe. The van der Waals surface area contributed by atoms with Crippen LogP contribution in [0.2, 0.25) is 0 Å². The zero-order valence-corrected chi connectivity index (χ0v) is 8.11. The summed E-state index contributed by atoms with van der Waals surface area (Å²) in [5.74, 6) is 0. The van der Waals surface area contributed by atoms with Crippen LogP contribution < -0.4 is 5.48 Å². The molecule has 3 heteroatoms. The molecule has 0 saturated carbocycles. The molecule has 2 nitrogen and oxygen atoms in total. The van der Waals surface area contributed by atoms with Gasteiger partial charge in [-0.1, -0.05) is 0 Å². The molecule has 1 aliphatic heterocycles. The van der Waals surface area contributed by atoms with E-state index in [0.717, 1.165) is 5.70 Å². The molecule has 0 unspecified atom stereocenters. The zero-order chi connectivity index (χ0) is 7.52. The molecule has 0 atom stereocenters. The van der Waals surface area contributed by atoms with Crippen LogP contribution in [-0.2, 0) is 3.20 Å². The molecule has 1 N–H and O–H groups in total. The Kier molecular flexibility index (Phi) is 2.13. The van der Waals surface area contributed by atoms with Crippen molar-refractivity contribution in [2.75, 3.05) is 0 Å². The minimum absolute atomic E-state index is 0.352. The van der Waals surface area contributed by atoms with Crippen molar-refractivity contribution in [3.63, 3.8) is 0 Å². The maximum atomic E-state index is 5.10. The molecule has 0 saturated heterocycles. The van der Waals surface area contributed by atoms with Gasteiger partial charge in [-0.15, -0.1) is 0 Å². The second-order valence-electron chi connectivity index (χ2n) is 2.18. The van der Waals surface area contributed by atoms with Crippen molar-refractivity contribution in [1.29, 1.82) is 0 Å². The topological polar surface area (TPSA) is 21.3 Å². The maximum absolute atomic E-state index is 5.10. The first-order valence-corrected chi connectivity index (χ1v) is 5.60. The summed E-state index contributed by atoms with van der Waals surface area (Å²) in [6, 6.07) is 10.2. The Balaban J connectivity index is 2.29. The fourth-order valence-electron chi connectivity index (χ4n) is 0.910. The summed E-state index contributed by atoms with van der Waals surface area (Å²) >= 11 is -0.352.